The smallest absolute Gasteiger partial charge is 0.0610 e. The third-order valence-corrected chi connectivity index (χ3v) is 5.20. The number of benzene rings is 2. The SMILES string of the molecule is Cc1c(Br)cc(C)c2c1[nH]c1c(Br)cc(Br)cc12. The number of aryl methyl sites for hydroxylation is 2. The summed E-state index contributed by atoms with van der Waals surface area (Å²) in [5.41, 5.74) is 4.88. The van der Waals surface area contributed by atoms with Gasteiger partial charge in [0.05, 0.1) is 11.0 Å². The third kappa shape index (κ3) is 1.77. The lowest BCUT2D eigenvalue weighted by atomic mass is 10.0. The molecule has 0 aliphatic rings. The zero-order chi connectivity index (χ0) is 13.0. The Morgan fingerprint density at radius 3 is 2.33 bits per heavy atom. The van der Waals surface area contributed by atoms with Crippen molar-refractivity contribution in [1.82, 2.24) is 4.98 Å². The lowest BCUT2D eigenvalue weighted by molar-refractivity contribution is 1.39. The first-order chi connectivity index (χ1) is 8.49. The van der Waals surface area contributed by atoms with Crippen LogP contribution in [-0.4, -0.2) is 4.98 Å². The summed E-state index contributed by atoms with van der Waals surface area (Å²) in [6.45, 7) is 4.28. The summed E-state index contributed by atoms with van der Waals surface area (Å²) in [4.78, 5) is 3.53. The van der Waals surface area contributed by atoms with Crippen LogP contribution in [0.25, 0.3) is 21.8 Å². The quantitative estimate of drug-likeness (QED) is 0.434. The molecule has 0 radical (unpaired) electrons. The molecule has 0 saturated heterocycles. The third-order valence-electron chi connectivity index (χ3n) is 3.30. The minimum atomic E-state index is 1.08. The van der Waals surface area contributed by atoms with Crippen LogP contribution in [0.2, 0.25) is 0 Å². The van der Waals surface area contributed by atoms with E-state index in [-0.39, 0.29) is 0 Å². The molecule has 1 aromatic heterocycles. The van der Waals surface area contributed by atoms with E-state index in [1.54, 1.807) is 0 Å². The molecule has 0 aliphatic carbocycles. The Hall–Kier alpha value is -0.320. The minimum Gasteiger partial charge on any atom is -0.353 e. The molecule has 0 saturated carbocycles. The fourth-order valence-corrected chi connectivity index (χ4v) is 4.27. The molecule has 0 unspecified atom stereocenters. The largest absolute Gasteiger partial charge is 0.353 e. The van der Waals surface area contributed by atoms with Gasteiger partial charge in [-0.1, -0.05) is 31.9 Å². The molecule has 0 fully saturated rings. The molecule has 0 bridgehead atoms. The van der Waals surface area contributed by atoms with Gasteiger partial charge in [0.25, 0.3) is 0 Å². The second-order valence-corrected chi connectivity index (χ2v) is 7.11. The maximum atomic E-state index is 3.62. The second-order valence-electron chi connectivity index (χ2n) is 4.49. The van der Waals surface area contributed by atoms with Crippen molar-refractivity contribution in [3.63, 3.8) is 0 Å². The lowest BCUT2D eigenvalue weighted by Crippen LogP contribution is -1.82. The van der Waals surface area contributed by atoms with Gasteiger partial charge in [-0.05, 0) is 59.1 Å². The molecule has 92 valence electrons. The second kappa shape index (κ2) is 4.36. The van der Waals surface area contributed by atoms with Gasteiger partial charge in [-0.15, -0.1) is 0 Å². The van der Waals surface area contributed by atoms with E-state index in [1.165, 1.54) is 27.4 Å². The van der Waals surface area contributed by atoms with Gasteiger partial charge in [-0.2, -0.15) is 0 Å². The predicted octanol–water partition coefficient (Wildman–Crippen LogP) is 6.23. The highest BCUT2D eigenvalue weighted by Crippen LogP contribution is 2.38. The number of rotatable bonds is 0. The van der Waals surface area contributed by atoms with Crippen molar-refractivity contribution >= 4 is 69.6 Å². The summed E-state index contributed by atoms with van der Waals surface area (Å²) in [6, 6.07) is 6.41. The van der Waals surface area contributed by atoms with Gasteiger partial charge in [0.2, 0.25) is 0 Å². The Morgan fingerprint density at radius 1 is 0.889 bits per heavy atom. The molecular weight excluding hydrogens is 422 g/mol. The van der Waals surface area contributed by atoms with Crippen molar-refractivity contribution < 1.29 is 0 Å². The summed E-state index contributed by atoms with van der Waals surface area (Å²) in [7, 11) is 0. The molecule has 0 amide bonds. The van der Waals surface area contributed by atoms with Crippen molar-refractivity contribution in [2.24, 2.45) is 0 Å². The normalized spacial score (nSPS) is 11.6. The van der Waals surface area contributed by atoms with Crippen LogP contribution in [0.1, 0.15) is 11.1 Å². The number of H-pyrrole nitrogens is 1. The van der Waals surface area contributed by atoms with Crippen molar-refractivity contribution in [3.05, 3.63) is 42.7 Å². The maximum absolute atomic E-state index is 3.62. The topological polar surface area (TPSA) is 15.8 Å². The van der Waals surface area contributed by atoms with E-state index in [0.717, 1.165) is 18.9 Å². The Balaban J connectivity index is 2.64. The fourth-order valence-electron chi connectivity index (χ4n) is 2.40. The molecule has 0 spiro atoms. The number of hydrogen-bond acceptors (Lipinski definition) is 0. The standard InChI is InChI=1S/C14H10Br3N/c1-6-3-10(16)7(2)13-12(6)9-4-8(15)5-11(17)14(9)18-13/h3-5,18H,1-2H3. The summed E-state index contributed by atoms with van der Waals surface area (Å²) in [5.74, 6) is 0. The predicted molar refractivity (Wildman–Crippen MR) is 88.4 cm³/mol. The molecule has 3 aromatic rings. The van der Waals surface area contributed by atoms with E-state index in [2.05, 4.69) is 84.8 Å². The highest BCUT2D eigenvalue weighted by atomic mass is 79.9. The van der Waals surface area contributed by atoms with Crippen molar-refractivity contribution in [3.8, 4) is 0 Å². The first-order valence-electron chi connectivity index (χ1n) is 5.55. The Kier molecular flexibility index (Phi) is 3.07. The van der Waals surface area contributed by atoms with Gasteiger partial charge < -0.3 is 4.98 Å². The van der Waals surface area contributed by atoms with E-state index in [4.69, 9.17) is 0 Å². The molecule has 2 aromatic carbocycles. The van der Waals surface area contributed by atoms with Crippen molar-refractivity contribution in [2.75, 3.05) is 0 Å². The molecule has 18 heavy (non-hydrogen) atoms. The summed E-state index contributed by atoms with van der Waals surface area (Å²) in [5, 5.41) is 2.55. The van der Waals surface area contributed by atoms with Gasteiger partial charge in [0.1, 0.15) is 0 Å². The summed E-state index contributed by atoms with van der Waals surface area (Å²) >= 11 is 10.8. The summed E-state index contributed by atoms with van der Waals surface area (Å²) < 4.78 is 3.31. The van der Waals surface area contributed by atoms with Gasteiger partial charge in [-0.25, -0.2) is 0 Å². The van der Waals surface area contributed by atoms with Gasteiger partial charge >= 0.3 is 0 Å². The Labute approximate surface area is 130 Å². The monoisotopic (exact) mass is 429 g/mol. The number of hydrogen-bond donors (Lipinski definition) is 1. The van der Waals surface area contributed by atoms with Crippen LogP contribution in [0, 0.1) is 13.8 Å². The number of aromatic nitrogens is 1. The first kappa shape index (κ1) is 12.7. The van der Waals surface area contributed by atoms with E-state index < -0.39 is 0 Å². The van der Waals surface area contributed by atoms with E-state index >= 15 is 0 Å². The van der Waals surface area contributed by atoms with Gasteiger partial charge in [0, 0.05) is 24.2 Å². The van der Waals surface area contributed by atoms with E-state index in [0.29, 0.717) is 0 Å². The van der Waals surface area contributed by atoms with Gasteiger partial charge in [0.15, 0.2) is 0 Å². The van der Waals surface area contributed by atoms with Crippen LogP contribution in [0.3, 0.4) is 0 Å². The number of fused-ring (bicyclic) bond motifs is 3. The van der Waals surface area contributed by atoms with Crippen LogP contribution in [0.15, 0.2) is 31.6 Å². The molecule has 0 aliphatic heterocycles. The number of nitrogens with one attached hydrogen (secondary N) is 1. The number of halogens is 3. The molecular formula is C14H10Br3N. The molecule has 1 nitrogen and oxygen atoms in total. The van der Waals surface area contributed by atoms with Crippen molar-refractivity contribution in [1.29, 1.82) is 0 Å². The minimum absolute atomic E-state index is 1.08. The molecule has 0 atom stereocenters. The molecule has 3 rings (SSSR count). The molecule has 1 N–H and O–H groups in total. The van der Waals surface area contributed by atoms with Crippen LogP contribution < -0.4 is 0 Å². The lowest BCUT2D eigenvalue weighted by Gasteiger charge is -2.04. The molecule has 4 heteroatoms. The number of aromatic amines is 1. The van der Waals surface area contributed by atoms with Gasteiger partial charge in [-0.3, -0.25) is 0 Å². The van der Waals surface area contributed by atoms with Crippen LogP contribution in [-0.2, 0) is 0 Å². The fraction of sp³-hybridized carbons (Fsp3) is 0.143. The van der Waals surface area contributed by atoms with Crippen LogP contribution in [0.5, 0.6) is 0 Å². The van der Waals surface area contributed by atoms with Crippen LogP contribution >= 0.6 is 47.8 Å². The highest BCUT2D eigenvalue weighted by Gasteiger charge is 2.13. The highest BCUT2D eigenvalue weighted by molar-refractivity contribution is 9.11. The van der Waals surface area contributed by atoms with Crippen molar-refractivity contribution in [2.45, 2.75) is 13.8 Å². The maximum Gasteiger partial charge on any atom is 0.0610 e. The Morgan fingerprint density at radius 2 is 1.61 bits per heavy atom. The zero-order valence-corrected chi connectivity index (χ0v) is 14.6. The van der Waals surface area contributed by atoms with Crippen LogP contribution in [0.4, 0.5) is 0 Å². The average molecular weight is 432 g/mol. The first-order valence-corrected chi connectivity index (χ1v) is 7.93. The molecule has 1 heterocycles. The average Bonchev–Trinajstić information content (AvgIpc) is 2.66. The summed E-state index contributed by atoms with van der Waals surface area (Å²) in [6.07, 6.45) is 0. The van der Waals surface area contributed by atoms with E-state index in [9.17, 15) is 0 Å². The zero-order valence-electron chi connectivity index (χ0n) is 9.87. The Bertz CT molecular complexity index is 787. The van der Waals surface area contributed by atoms with E-state index in [1.807, 2.05) is 0 Å².